The molecule has 4 aromatic rings. The summed E-state index contributed by atoms with van der Waals surface area (Å²) in [4.78, 5) is 28.8. The van der Waals surface area contributed by atoms with Gasteiger partial charge in [-0.1, -0.05) is 0 Å². The number of anilines is 2. The molecule has 4 heterocycles. The summed E-state index contributed by atoms with van der Waals surface area (Å²) in [5, 5.41) is 3.58. The minimum atomic E-state index is 0.133. The summed E-state index contributed by atoms with van der Waals surface area (Å²) in [5.74, 6) is 2.36. The lowest BCUT2D eigenvalue weighted by Crippen LogP contribution is -2.36. The van der Waals surface area contributed by atoms with Crippen LogP contribution in [-0.4, -0.2) is 68.4 Å². The maximum atomic E-state index is 6.56. The van der Waals surface area contributed by atoms with Crippen molar-refractivity contribution in [3.63, 3.8) is 0 Å². The van der Waals surface area contributed by atoms with Gasteiger partial charge in [-0.3, -0.25) is 4.98 Å². The first-order chi connectivity index (χ1) is 18.2. The summed E-state index contributed by atoms with van der Waals surface area (Å²) < 4.78 is 12.1. The van der Waals surface area contributed by atoms with Crippen molar-refractivity contribution in [3.05, 3.63) is 55.1 Å². The van der Waals surface area contributed by atoms with Gasteiger partial charge in [-0.15, -0.1) is 0 Å². The zero-order valence-electron chi connectivity index (χ0n) is 20.9. The topological polar surface area (TPSA) is 111 Å². The molecule has 10 nitrogen and oxygen atoms in total. The van der Waals surface area contributed by atoms with Gasteiger partial charge in [0.05, 0.1) is 30.5 Å². The number of morpholine rings is 1. The molecule has 0 spiro atoms. The Labute approximate surface area is 215 Å². The van der Waals surface area contributed by atoms with Gasteiger partial charge in [-0.2, -0.15) is 0 Å². The zero-order valence-corrected chi connectivity index (χ0v) is 20.9. The van der Waals surface area contributed by atoms with E-state index >= 15 is 0 Å². The molecule has 1 saturated heterocycles. The molecule has 3 aromatic heterocycles. The summed E-state index contributed by atoms with van der Waals surface area (Å²) in [6, 6.07) is 6.50. The van der Waals surface area contributed by atoms with Crippen LogP contribution in [0.3, 0.4) is 0 Å². The van der Waals surface area contributed by atoms with Gasteiger partial charge in [0.2, 0.25) is 0 Å². The second-order valence-electron chi connectivity index (χ2n) is 9.51. The number of ether oxygens (including phenoxy) is 2. The molecular formula is C27H30N8O2. The van der Waals surface area contributed by atoms with Crippen LogP contribution in [0.15, 0.2) is 49.3 Å². The average molecular weight is 499 g/mol. The number of benzene rings is 1. The quantitative estimate of drug-likeness (QED) is 0.421. The molecule has 0 unspecified atom stereocenters. The molecule has 190 valence electrons. The van der Waals surface area contributed by atoms with Gasteiger partial charge in [0.25, 0.3) is 0 Å². The van der Waals surface area contributed by atoms with Crippen molar-refractivity contribution in [3.8, 4) is 17.0 Å². The fraction of sp³-hybridized carbons (Fsp3) is 0.407. The molecule has 0 atom stereocenters. The van der Waals surface area contributed by atoms with Crippen molar-refractivity contribution in [1.82, 2.24) is 29.9 Å². The Morgan fingerprint density at radius 3 is 2.49 bits per heavy atom. The monoisotopic (exact) mass is 498 g/mol. The van der Waals surface area contributed by atoms with Crippen LogP contribution >= 0.6 is 0 Å². The highest BCUT2D eigenvalue weighted by Gasteiger charge is 2.24. The number of hydrogen-bond donors (Lipinski definition) is 1. The van der Waals surface area contributed by atoms with Crippen LogP contribution in [0.1, 0.15) is 31.5 Å². The molecule has 0 bridgehead atoms. The molecule has 37 heavy (non-hydrogen) atoms. The minimum Gasteiger partial charge on any atom is -0.488 e. The van der Waals surface area contributed by atoms with Crippen LogP contribution in [0.4, 0.5) is 11.5 Å². The number of rotatable bonds is 6. The lowest BCUT2D eigenvalue weighted by molar-refractivity contribution is 0.122. The molecule has 1 aromatic carbocycles. The van der Waals surface area contributed by atoms with Crippen molar-refractivity contribution in [2.24, 2.45) is 0 Å². The molecule has 0 radical (unpaired) electrons. The first-order valence-electron chi connectivity index (χ1n) is 12.8. The SMILES string of the molecule is Cc1ncc(-c2cc(N[C@H]3CC[C@@H](Oc4cc(N5CCOCC5)cc5nccnc45)CC3)ncn2)cn1. The molecule has 0 amide bonds. The van der Waals surface area contributed by atoms with Gasteiger partial charge in [0, 0.05) is 67.3 Å². The second kappa shape index (κ2) is 10.6. The highest BCUT2D eigenvalue weighted by Crippen LogP contribution is 2.33. The molecule has 2 fully saturated rings. The largest absolute Gasteiger partial charge is 0.488 e. The van der Waals surface area contributed by atoms with Gasteiger partial charge in [-0.25, -0.2) is 24.9 Å². The Hall–Kier alpha value is -3.92. The van der Waals surface area contributed by atoms with E-state index in [-0.39, 0.29) is 6.10 Å². The highest BCUT2D eigenvalue weighted by atomic mass is 16.5. The number of hydrogen-bond acceptors (Lipinski definition) is 10. The lowest BCUT2D eigenvalue weighted by Gasteiger charge is -2.31. The molecule has 1 aliphatic heterocycles. The fourth-order valence-corrected chi connectivity index (χ4v) is 4.96. The number of nitrogens with one attached hydrogen (secondary N) is 1. The van der Waals surface area contributed by atoms with Crippen LogP contribution in [-0.2, 0) is 4.74 Å². The van der Waals surface area contributed by atoms with Crippen molar-refractivity contribution < 1.29 is 9.47 Å². The summed E-state index contributed by atoms with van der Waals surface area (Å²) in [7, 11) is 0. The third kappa shape index (κ3) is 5.43. The predicted octanol–water partition coefficient (Wildman–Crippen LogP) is 3.82. The van der Waals surface area contributed by atoms with E-state index in [4.69, 9.17) is 9.47 Å². The van der Waals surface area contributed by atoms with Crippen LogP contribution in [0.2, 0.25) is 0 Å². The molecule has 2 aliphatic rings. The maximum absolute atomic E-state index is 6.56. The van der Waals surface area contributed by atoms with Crippen molar-refractivity contribution in [2.75, 3.05) is 36.5 Å². The summed E-state index contributed by atoms with van der Waals surface area (Å²) >= 11 is 0. The standard InChI is InChI=1S/C27H30N8O2/c1-18-30-15-19(16-31-18)23-14-26(33-17-32-23)34-20-2-4-22(5-3-20)37-25-13-21(35-8-10-36-11-9-35)12-24-27(25)29-7-6-28-24/h6-7,12-17,20,22H,2-5,8-11H2,1H3,(H,32,33,34)/t20-,22+. The van der Waals surface area contributed by atoms with E-state index < -0.39 is 0 Å². The molecule has 1 aliphatic carbocycles. The maximum Gasteiger partial charge on any atom is 0.149 e. The van der Waals surface area contributed by atoms with Gasteiger partial charge in [0.15, 0.2) is 0 Å². The first kappa shape index (κ1) is 23.5. The number of aromatic nitrogens is 6. The van der Waals surface area contributed by atoms with Crippen LogP contribution in [0.25, 0.3) is 22.3 Å². The lowest BCUT2D eigenvalue weighted by atomic mass is 9.93. The predicted molar refractivity (Wildman–Crippen MR) is 141 cm³/mol. The normalized spacial score (nSPS) is 20.1. The first-order valence-corrected chi connectivity index (χ1v) is 12.8. The van der Waals surface area contributed by atoms with Gasteiger partial charge >= 0.3 is 0 Å². The molecule has 10 heteroatoms. The Morgan fingerprint density at radius 1 is 0.892 bits per heavy atom. The van der Waals surface area contributed by atoms with Gasteiger partial charge < -0.3 is 19.7 Å². The van der Waals surface area contributed by atoms with E-state index in [1.54, 1.807) is 31.1 Å². The number of fused-ring (bicyclic) bond motifs is 1. The number of nitrogens with zero attached hydrogens (tertiary/aromatic N) is 7. The van der Waals surface area contributed by atoms with Crippen molar-refractivity contribution >= 4 is 22.5 Å². The van der Waals surface area contributed by atoms with Crippen molar-refractivity contribution in [2.45, 2.75) is 44.8 Å². The third-order valence-electron chi connectivity index (χ3n) is 6.96. The van der Waals surface area contributed by atoms with Gasteiger partial charge in [0.1, 0.15) is 29.2 Å². The smallest absolute Gasteiger partial charge is 0.149 e. The molecule has 1 N–H and O–H groups in total. The van der Waals surface area contributed by atoms with Crippen molar-refractivity contribution in [1.29, 1.82) is 0 Å². The van der Waals surface area contributed by atoms with Crippen LogP contribution in [0, 0.1) is 6.92 Å². The average Bonchev–Trinajstić information content (AvgIpc) is 2.95. The Balaban J connectivity index is 1.11. The summed E-state index contributed by atoms with van der Waals surface area (Å²) in [6.45, 7) is 5.07. The van der Waals surface area contributed by atoms with Crippen LogP contribution in [0.5, 0.6) is 5.75 Å². The second-order valence-corrected chi connectivity index (χ2v) is 9.51. The zero-order chi connectivity index (χ0) is 25.0. The van der Waals surface area contributed by atoms with E-state index in [2.05, 4.69) is 52.3 Å². The van der Waals surface area contributed by atoms with E-state index in [1.807, 2.05) is 13.0 Å². The van der Waals surface area contributed by atoms with E-state index in [0.29, 0.717) is 6.04 Å². The third-order valence-corrected chi connectivity index (χ3v) is 6.96. The van der Waals surface area contributed by atoms with E-state index in [1.165, 1.54) is 0 Å². The Kier molecular flexibility index (Phi) is 6.72. The molecule has 6 rings (SSSR count). The highest BCUT2D eigenvalue weighted by molar-refractivity contribution is 5.85. The Morgan fingerprint density at radius 2 is 1.68 bits per heavy atom. The summed E-state index contributed by atoms with van der Waals surface area (Å²) in [6.07, 6.45) is 12.6. The summed E-state index contributed by atoms with van der Waals surface area (Å²) in [5.41, 5.74) is 4.47. The van der Waals surface area contributed by atoms with E-state index in [9.17, 15) is 0 Å². The minimum absolute atomic E-state index is 0.133. The molecule has 1 saturated carbocycles. The van der Waals surface area contributed by atoms with E-state index in [0.717, 1.165) is 97.4 Å². The fourth-order valence-electron chi connectivity index (χ4n) is 4.96. The van der Waals surface area contributed by atoms with Gasteiger partial charge in [-0.05, 0) is 38.7 Å². The number of aryl methyl sites for hydroxylation is 1. The Bertz CT molecular complexity index is 1350. The van der Waals surface area contributed by atoms with Crippen LogP contribution < -0.4 is 15.0 Å². The molecular weight excluding hydrogens is 468 g/mol.